The molecule has 2 saturated carbocycles. The summed E-state index contributed by atoms with van der Waals surface area (Å²) in [5, 5.41) is 35.6. The van der Waals surface area contributed by atoms with Crippen LogP contribution in [0.1, 0.15) is 63.9 Å². The molecule has 1 aromatic heterocycles. The lowest BCUT2D eigenvalue weighted by atomic mass is 9.57. The highest BCUT2D eigenvalue weighted by atomic mass is 16.5. The summed E-state index contributed by atoms with van der Waals surface area (Å²) in [6, 6.07) is 8.57. The van der Waals surface area contributed by atoms with Crippen LogP contribution in [0.4, 0.5) is 0 Å². The molecule has 1 saturated heterocycles. The van der Waals surface area contributed by atoms with E-state index in [1.165, 1.54) is 5.56 Å². The molecular formula is C30H35NO4. The minimum absolute atomic E-state index is 0.0250. The van der Waals surface area contributed by atoms with Crippen LogP contribution in [0.3, 0.4) is 0 Å². The molecule has 0 amide bonds. The van der Waals surface area contributed by atoms with E-state index in [1.807, 2.05) is 18.5 Å². The first-order chi connectivity index (χ1) is 16.8. The van der Waals surface area contributed by atoms with Crippen molar-refractivity contribution in [2.45, 2.75) is 87.8 Å². The predicted molar refractivity (Wildman–Crippen MR) is 134 cm³/mol. The van der Waals surface area contributed by atoms with Gasteiger partial charge in [-0.25, -0.2) is 0 Å². The second kappa shape index (κ2) is 7.25. The number of benzene rings is 1. The molecule has 2 aromatic rings. The van der Waals surface area contributed by atoms with Crippen LogP contribution in [0.15, 0.2) is 60.0 Å². The molecule has 2 aliphatic heterocycles. The van der Waals surface area contributed by atoms with Crippen molar-refractivity contribution in [1.29, 1.82) is 0 Å². The SMILES string of the molecule is CCC1CC23CCC4(O2)C(=CCC2(C)C(c5ccc6ccncc6c5)C(O)CC42)C=C3C(O)C1O. The van der Waals surface area contributed by atoms with Gasteiger partial charge in [0.05, 0.1) is 23.4 Å². The van der Waals surface area contributed by atoms with E-state index in [1.54, 1.807) is 0 Å². The monoisotopic (exact) mass is 473 g/mol. The van der Waals surface area contributed by atoms with E-state index in [-0.39, 0.29) is 23.2 Å². The largest absolute Gasteiger partial charge is 0.392 e. The van der Waals surface area contributed by atoms with Crippen molar-refractivity contribution in [3.8, 4) is 0 Å². The lowest BCUT2D eigenvalue weighted by Gasteiger charge is -2.55. The number of ether oxygens (including phenoxy) is 1. The second-order valence-corrected chi connectivity index (χ2v) is 12.1. The third-order valence-electron chi connectivity index (χ3n) is 10.6. The third-order valence-corrected chi connectivity index (χ3v) is 10.6. The number of pyridine rings is 1. The van der Waals surface area contributed by atoms with Gasteiger partial charge in [-0.2, -0.15) is 0 Å². The van der Waals surface area contributed by atoms with Crippen LogP contribution in [0.25, 0.3) is 10.8 Å². The number of aromatic nitrogens is 1. The summed E-state index contributed by atoms with van der Waals surface area (Å²) in [7, 11) is 0. The number of hydrogen-bond acceptors (Lipinski definition) is 5. The highest BCUT2D eigenvalue weighted by Crippen LogP contribution is 2.69. The minimum atomic E-state index is -0.868. The van der Waals surface area contributed by atoms with Crippen molar-refractivity contribution in [2.24, 2.45) is 17.3 Å². The Labute approximate surface area is 206 Å². The fourth-order valence-corrected chi connectivity index (χ4v) is 8.86. The number of fused-ring (bicyclic) bond motifs is 2. The first kappa shape index (κ1) is 22.2. The van der Waals surface area contributed by atoms with Crippen LogP contribution in [-0.4, -0.2) is 49.8 Å². The first-order valence-corrected chi connectivity index (χ1v) is 13.3. The zero-order chi connectivity index (χ0) is 24.2. The van der Waals surface area contributed by atoms with Gasteiger partial charge in [-0.3, -0.25) is 4.98 Å². The van der Waals surface area contributed by atoms with Gasteiger partial charge < -0.3 is 20.1 Å². The minimum Gasteiger partial charge on any atom is -0.392 e. The molecule has 3 N–H and O–H groups in total. The molecule has 9 atom stereocenters. The fourth-order valence-electron chi connectivity index (χ4n) is 8.86. The molecule has 5 aliphatic rings. The van der Waals surface area contributed by atoms with Gasteiger partial charge in [0.15, 0.2) is 0 Å². The Hall–Kier alpha value is -2.05. The van der Waals surface area contributed by atoms with Gasteiger partial charge in [0.1, 0.15) is 6.10 Å². The lowest BCUT2D eigenvalue weighted by Crippen LogP contribution is -2.58. The first-order valence-electron chi connectivity index (χ1n) is 13.3. The molecule has 5 heteroatoms. The average molecular weight is 474 g/mol. The zero-order valence-electron chi connectivity index (χ0n) is 20.5. The van der Waals surface area contributed by atoms with Gasteiger partial charge in [0.2, 0.25) is 0 Å². The number of nitrogens with zero attached hydrogens (tertiary/aromatic N) is 1. The lowest BCUT2D eigenvalue weighted by molar-refractivity contribution is -0.164. The van der Waals surface area contributed by atoms with Gasteiger partial charge >= 0.3 is 0 Å². The Morgan fingerprint density at radius 3 is 2.80 bits per heavy atom. The Balaban J connectivity index is 1.32. The van der Waals surface area contributed by atoms with E-state index in [0.29, 0.717) is 6.42 Å². The molecule has 0 radical (unpaired) electrons. The van der Waals surface area contributed by atoms with Gasteiger partial charge in [-0.15, -0.1) is 0 Å². The number of rotatable bonds is 2. The maximum atomic E-state index is 11.5. The number of allylic oxidation sites excluding steroid dienone is 1. The van der Waals surface area contributed by atoms with Crippen molar-refractivity contribution < 1.29 is 20.1 Å². The normalized spacial score (nSPS) is 46.0. The molecule has 5 nitrogen and oxygen atoms in total. The van der Waals surface area contributed by atoms with E-state index in [4.69, 9.17) is 4.74 Å². The average Bonchev–Trinajstić information content (AvgIpc) is 3.32. The molecule has 3 aliphatic carbocycles. The highest BCUT2D eigenvalue weighted by molar-refractivity contribution is 5.82. The van der Waals surface area contributed by atoms with Gasteiger partial charge in [0, 0.05) is 29.6 Å². The summed E-state index contributed by atoms with van der Waals surface area (Å²) in [5.74, 6) is 0.253. The summed E-state index contributed by atoms with van der Waals surface area (Å²) < 4.78 is 7.18. The maximum absolute atomic E-state index is 11.5. The summed E-state index contributed by atoms with van der Waals surface area (Å²) in [4.78, 5) is 4.31. The van der Waals surface area contributed by atoms with Crippen molar-refractivity contribution in [3.05, 3.63) is 65.5 Å². The van der Waals surface area contributed by atoms with E-state index >= 15 is 0 Å². The third kappa shape index (κ3) is 2.76. The smallest absolute Gasteiger partial charge is 0.104 e. The van der Waals surface area contributed by atoms with Crippen LogP contribution in [0, 0.1) is 17.3 Å². The number of aliphatic hydroxyl groups is 3. The topological polar surface area (TPSA) is 82.8 Å². The fraction of sp³-hybridized carbons (Fsp3) is 0.567. The number of aliphatic hydroxyl groups excluding tert-OH is 3. The Kier molecular flexibility index (Phi) is 4.60. The molecule has 9 unspecified atom stereocenters. The number of hydrogen-bond donors (Lipinski definition) is 3. The summed E-state index contributed by atoms with van der Waals surface area (Å²) in [6.07, 6.45) is 11.1. The van der Waals surface area contributed by atoms with E-state index < -0.39 is 29.5 Å². The quantitative estimate of drug-likeness (QED) is 0.602. The Morgan fingerprint density at radius 1 is 1.11 bits per heavy atom. The summed E-state index contributed by atoms with van der Waals surface area (Å²) in [5.41, 5.74) is 2.15. The molecule has 3 heterocycles. The molecule has 1 aromatic carbocycles. The molecule has 7 rings (SSSR count). The van der Waals surface area contributed by atoms with Crippen molar-refractivity contribution in [1.82, 2.24) is 4.98 Å². The second-order valence-electron chi connectivity index (χ2n) is 12.1. The standard InChI is InChI=1S/C30H35NO4/c1-3-17-15-29-9-10-30(35-29)21(13-22(29)27(34)26(17)33)6-8-28(2)24(30)14-23(32)25(28)19-5-4-18-7-11-31-16-20(18)12-19/h4-7,11-13,16-17,23-27,32-34H,3,8-10,14-15H2,1-2H3. The molecule has 184 valence electrons. The zero-order valence-corrected chi connectivity index (χ0v) is 20.5. The summed E-state index contributed by atoms with van der Waals surface area (Å²) >= 11 is 0. The molecule has 35 heavy (non-hydrogen) atoms. The van der Waals surface area contributed by atoms with Crippen LogP contribution >= 0.6 is 0 Å². The maximum Gasteiger partial charge on any atom is 0.104 e. The van der Waals surface area contributed by atoms with Crippen molar-refractivity contribution in [3.63, 3.8) is 0 Å². The van der Waals surface area contributed by atoms with Crippen LogP contribution < -0.4 is 0 Å². The molecule has 2 spiro atoms. The van der Waals surface area contributed by atoms with Crippen molar-refractivity contribution >= 4 is 10.8 Å². The van der Waals surface area contributed by atoms with Gasteiger partial charge in [-0.1, -0.05) is 44.6 Å². The Morgan fingerprint density at radius 2 is 1.97 bits per heavy atom. The van der Waals surface area contributed by atoms with E-state index in [2.05, 4.69) is 49.2 Å². The highest BCUT2D eigenvalue weighted by Gasteiger charge is 2.69. The van der Waals surface area contributed by atoms with Crippen molar-refractivity contribution in [2.75, 3.05) is 0 Å². The van der Waals surface area contributed by atoms with E-state index in [0.717, 1.165) is 54.0 Å². The predicted octanol–water partition coefficient (Wildman–Crippen LogP) is 4.42. The van der Waals surface area contributed by atoms with Crippen LogP contribution in [0.2, 0.25) is 0 Å². The van der Waals surface area contributed by atoms with Crippen LogP contribution in [-0.2, 0) is 4.74 Å². The van der Waals surface area contributed by atoms with E-state index in [9.17, 15) is 15.3 Å². The molecular weight excluding hydrogens is 438 g/mol. The van der Waals surface area contributed by atoms with Gasteiger partial charge in [-0.05, 0) is 77.7 Å². The molecule has 3 fully saturated rings. The summed E-state index contributed by atoms with van der Waals surface area (Å²) in [6.45, 7) is 4.43. The Bertz CT molecular complexity index is 1270. The van der Waals surface area contributed by atoms with Gasteiger partial charge in [0.25, 0.3) is 0 Å². The molecule has 2 bridgehead atoms. The van der Waals surface area contributed by atoms with Crippen LogP contribution in [0.5, 0.6) is 0 Å².